The van der Waals surface area contributed by atoms with Gasteiger partial charge in [-0.15, -0.1) is 0 Å². The first-order chi connectivity index (χ1) is 12.0. The Kier molecular flexibility index (Phi) is 6.46. The van der Waals surface area contributed by atoms with Crippen LogP contribution in [0, 0.1) is 0 Å². The molecule has 1 aliphatic rings. The third-order valence-corrected chi connectivity index (χ3v) is 4.19. The molecular weight excluding hydrogens is 326 g/mol. The van der Waals surface area contributed by atoms with Crippen LogP contribution in [0.1, 0.15) is 12.0 Å². The minimum Gasteiger partial charge on any atom is -0.493 e. The molecule has 1 saturated heterocycles. The van der Waals surface area contributed by atoms with Crippen molar-refractivity contribution in [1.29, 1.82) is 0 Å². The molecule has 0 spiro atoms. The maximum atomic E-state index is 12.2. The minimum absolute atomic E-state index is 0.114. The van der Waals surface area contributed by atoms with Crippen LogP contribution in [-0.4, -0.2) is 64.2 Å². The van der Waals surface area contributed by atoms with Gasteiger partial charge in [0.2, 0.25) is 17.6 Å². The fourth-order valence-electron chi connectivity index (χ4n) is 2.76. The molecule has 8 heteroatoms. The largest absolute Gasteiger partial charge is 0.493 e. The van der Waals surface area contributed by atoms with Gasteiger partial charge in [-0.2, -0.15) is 0 Å². The number of hydrogen-bond donors (Lipinski definition) is 2. The van der Waals surface area contributed by atoms with Gasteiger partial charge in [0.1, 0.15) is 0 Å². The molecule has 2 rings (SSSR count). The first-order valence-corrected chi connectivity index (χ1v) is 8.03. The van der Waals surface area contributed by atoms with E-state index in [2.05, 4.69) is 10.6 Å². The van der Waals surface area contributed by atoms with E-state index in [1.165, 1.54) is 21.3 Å². The van der Waals surface area contributed by atoms with E-state index >= 15 is 0 Å². The molecule has 1 fully saturated rings. The summed E-state index contributed by atoms with van der Waals surface area (Å²) >= 11 is 0. The van der Waals surface area contributed by atoms with E-state index in [0.29, 0.717) is 30.3 Å². The third-order valence-electron chi connectivity index (χ3n) is 4.19. The summed E-state index contributed by atoms with van der Waals surface area (Å²) in [5, 5.41) is 5.61. The maximum absolute atomic E-state index is 12.2. The van der Waals surface area contributed by atoms with Crippen LogP contribution >= 0.6 is 0 Å². The van der Waals surface area contributed by atoms with Crippen LogP contribution < -0.4 is 24.8 Å². The molecule has 0 bridgehead atoms. The molecule has 0 radical (unpaired) electrons. The van der Waals surface area contributed by atoms with Gasteiger partial charge in [0.15, 0.2) is 11.5 Å². The maximum Gasteiger partial charge on any atom is 0.237 e. The highest BCUT2D eigenvalue weighted by Gasteiger charge is 2.28. The molecule has 1 heterocycles. The van der Waals surface area contributed by atoms with Crippen molar-refractivity contribution in [2.45, 2.75) is 19.0 Å². The molecule has 2 N–H and O–H groups in total. The van der Waals surface area contributed by atoms with Crippen LogP contribution in [0.5, 0.6) is 17.2 Å². The summed E-state index contributed by atoms with van der Waals surface area (Å²) in [4.78, 5) is 26.0. The van der Waals surface area contributed by atoms with Gasteiger partial charge in [-0.25, -0.2) is 0 Å². The molecule has 1 unspecified atom stereocenters. The molecule has 0 saturated carbocycles. The molecule has 25 heavy (non-hydrogen) atoms. The Balaban J connectivity index is 2.00. The van der Waals surface area contributed by atoms with E-state index in [0.717, 1.165) is 12.1 Å². The lowest BCUT2D eigenvalue weighted by molar-refractivity contribution is -0.133. The number of likely N-dealkylation sites (N-methyl/N-ethyl adjacent to an activating group) is 1. The van der Waals surface area contributed by atoms with Gasteiger partial charge >= 0.3 is 0 Å². The van der Waals surface area contributed by atoms with Crippen molar-refractivity contribution in [3.05, 3.63) is 17.7 Å². The predicted molar refractivity (Wildman–Crippen MR) is 92.0 cm³/mol. The number of methoxy groups -OCH3 is 3. The van der Waals surface area contributed by atoms with E-state index in [4.69, 9.17) is 14.2 Å². The molecule has 8 nitrogen and oxygen atoms in total. The Morgan fingerprint density at radius 1 is 1.24 bits per heavy atom. The summed E-state index contributed by atoms with van der Waals surface area (Å²) in [6.07, 6.45) is 0.118. The van der Waals surface area contributed by atoms with E-state index in [1.54, 1.807) is 12.1 Å². The summed E-state index contributed by atoms with van der Waals surface area (Å²) in [7, 11) is 6.46. The number of rotatable bonds is 7. The standard InChI is InChI=1S/C17H25N3O5/c1-20-6-5-18-17(22)12(20)9-15(21)19-10-11-7-13(23-2)16(25-4)14(8-11)24-3/h7-8,12H,5-6,9-10H2,1-4H3,(H,18,22)(H,19,21). The van der Waals surface area contributed by atoms with Crippen molar-refractivity contribution in [2.24, 2.45) is 0 Å². The highest BCUT2D eigenvalue weighted by Crippen LogP contribution is 2.38. The third kappa shape index (κ3) is 4.54. The number of benzene rings is 1. The number of hydrogen-bond acceptors (Lipinski definition) is 6. The van der Waals surface area contributed by atoms with Crippen LogP contribution in [-0.2, 0) is 16.1 Å². The predicted octanol–water partition coefficient (Wildman–Crippen LogP) is 0.149. The van der Waals surface area contributed by atoms with E-state index in [-0.39, 0.29) is 18.2 Å². The normalized spacial score (nSPS) is 17.6. The van der Waals surface area contributed by atoms with Crippen LogP contribution in [0.4, 0.5) is 0 Å². The van der Waals surface area contributed by atoms with Crippen molar-refractivity contribution in [3.8, 4) is 17.2 Å². The second kappa shape index (κ2) is 8.57. The molecule has 0 aliphatic carbocycles. The van der Waals surface area contributed by atoms with E-state index in [9.17, 15) is 9.59 Å². The Hall–Kier alpha value is -2.48. The van der Waals surface area contributed by atoms with Gasteiger partial charge in [-0.05, 0) is 24.7 Å². The average molecular weight is 351 g/mol. The average Bonchev–Trinajstić information content (AvgIpc) is 2.62. The lowest BCUT2D eigenvalue weighted by Crippen LogP contribution is -2.54. The summed E-state index contributed by atoms with van der Waals surface area (Å²) in [6, 6.07) is 3.12. The number of ether oxygens (including phenoxy) is 3. The van der Waals surface area contributed by atoms with Crippen LogP contribution in [0.25, 0.3) is 0 Å². The topological polar surface area (TPSA) is 89.1 Å². The van der Waals surface area contributed by atoms with Gasteiger partial charge < -0.3 is 24.8 Å². The second-order valence-electron chi connectivity index (χ2n) is 5.80. The molecule has 0 aromatic heterocycles. The van der Waals surface area contributed by atoms with Crippen LogP contribution in [0.15, 0.2) is 12.1 Å². The Bertz CT molecular complexity index is 610. The van der Waals surface area contributed by atoms with Crippen molar-refractivity contribution in [2.75, 3.05) is 41.5 Å². The van der Waals surface area contributed by atoms with Gasteiger partial charge in [0.05, 0.1) is 33.8 Å². The van der Waals surface area contributed by atoms with Crippen molar-refractivity contribution >= 4 is 11.8 Å². The quantitative estimate of drug-likeness (QED) is 0.727. The molecule has 1 atom stereocenters. The molecule has 138 valence electrons. The van der Waals surface area contributed by atoms with Gasteiger partial charge in [-0.3, -0.25) is 14.5 Å². The Morgan fingerprint density at radius 2 is 1.88 bits per heavy atom. The van der Waals surface area contributed by atoms with Crippen LogP contribution in [0.3, 0.4) is 0 Å². The zero-order valence-electron chi connectivity index (χ0n) is 15.0. The number of nitrogens with one attached hydrogen (secondary N) is 2. The van der Waals surface area contributed by atoms with Crippen molar-refractivity contribution < 1.29 is 23.8 Å². The molecule has 1 aliphatic heterocycles. The first kappa shape index (κ1) is 18.9. The fraction of sp³-hybridized carbons (Fsp3) is 0.529. The zero-order chi connectivity index (χ0) is 18.4. The molecular formula is C17H25N3O5. The smallest absolute Gasteiger partial charge is 0.237 e. The molecule has 2 amide bonds. The van der Waals surface area contributed by atoms with Gasteiger partial charge in [-0.1, -0.05) is 0 Å². The number of piperazine rings is 1. The number of carbonyl (C=O) groups excluding carboxylic acids is 2. The highest BCUT2D eigenvalue weighted by atomic mass is 16.5. The minimum atomic E-state index is -0.436. The second-order valence-corrected chi connectivity index (χ2v) is 5.80. The number of carbonyl (C=O) groups is 2. The van der Waals surface area contributed by atoms with E-state index < -0.39 is 6.04 Å². The lowest BCUT2D eigenvalue weighted by Gasteiger charge is -2.31. The Morgan fingerprint density at radius 3 is 2.40 bits per heavy atom. The number of amides is 2. The molecule has 1 aromatic rings. The summed E-state index contributed by atoms with van der Waals surface area (Å²) in [6.45, 7) is 1.64. The summed E-state index contributed by atoms with van der Waals surface area (Å²) in [5.41, 5.74) is 0.810. The van der Waals surface area contributed by atoms with Gasteiger partial charge in [0.25, 0.3) is 0 Å². The fourth-order valence-corrected chi connectivity index (χ4v) is 2.76. The zero-order valence-corrected chi connectivity index (χ0v) is 15.0. The summed E-state index contributed by atoms with van der Waals surface area (Å²) < 4.78 is 15.9. The SMILES string of the molecule is COc1cc(CNC(=O)CC2C(=O)NCCN2C)cc(OC)c1OC. The van der Waals surface area contributed by atoms with Crippen molar-refractivity contribution in [3.63, 3.8) is 0 Å². The highest BCUT2D eigenvalue weighted by molar-refractivity contribution is 5.88. The summed E-state index contributed by atoms with van der Waals surface area (Å²) in [5.74, 6) is 1.25. The molecule has 1 aromatic carbocycles. The van der Waals surface area contributed by atoms with Gasteiger partial charge in [0, 0.05) is 19.6 Å². The first-order valence-electron chi connectivity index (χ1n) is 8.03. The number of nitrogens with zero attached hydrogens (tertiary/aromatic N) is 1. The monoisotopic (exact) mass is 351 g/mol. The van der Waals surface area contributed by atoms with Crippen LogP contribution in [0.2, 0.25) is 0 Å². The lowest BCUT2D eigenvalue weighted by atomic mass is 10.1. The van der Waals surface area contributed by atoms with Crippen molar-refractivity contribution in [1.82, 2.24) is 15.5 Å². The van der Waals surface area contributed by atoms with E-state index in [1.807, 2.05) is 11.9 Å². The Labute approximate surface area is 147 Å².